The highest BCUT2D eigenvalue weighted by molar-refractivity contribution is 8.00. The van der Waals surface area contributed by atoms with Crippen LogP contribution < -0.4 is 5.14 Å². The fourth-order valence-electron chi connectivity index (χ4n) is 1.69. The third-order valence-electron chi connectivity index (χ3n) is 2.70. The minimum Gasteiger partial charge on any atom is -0.295 e. The smallest absolute Gasteiger partial charge is 0.209 e. The predicted octanol–water partition coefficient (Wildman–Crippen LogP) is 2.21. The molecular weight excluding hydrogens is 318 g/mol. The van der Waals surface area contributed by atoms with Gasteiger partial charge in [0.05, 0.1) is 11.4 Å². The molecule has 2 rings (SSSR count). The number of nitrogens with two attached hydrogens (primary N) is 1. The topological polar surface area (TPSA) is 78.0 Å². The number of nitrogens with zero attached hydrogens (tertiary/aromatic N) is 2. The maximum Gasteiger partial charge on any atom is 0.209 e. The Balaban J connectivity index is 2.22. The van der Waals surface area contributed by atoms with Gasteiger partial charge >= 0.3 is 0 Å². The molecule has 108 valence electrons. The van der Waals surface area contributed by atoms with Crippen LogP contribution in [0, 0.1) is 6.92 Å². The van der Waals surface area contributed by atoms with Gasteiger partial charge in [-0.15, -0.1) is 0 Å². The second kappa shape index (κ2) is 6.17. The highest BCUT2D eigenvalue weighted by Gasteiger charge is 2.11. The molecule has 0 aliphatic heterocycles. The van der Waals surface area contributed by atoms with Gasteiger partial charge in [0.15, 0.2) is 5.16 Å². The number of sulfonamides is 1. The van der Waals surface area contributed by atoms with Gasteiger partial charge in [0.25, 0.3) is 0 Å². The van der Waals surface area contributed by atoms with Crippen LogP contribution in [-0.4, -0.2) is 29.5 Å². The fraction of sp³-hybridized carbons (Fsp3) is 0.250. The molecule has 1 aromatic carbocycles. The molecule has 0 aliphatic carbocycles. The maximum atomic E-state index is 10.9. The highest BCUT2D eigenvalue weighted by atomic mass is 35.5. The molecule has 0 spiro atoms. The van der Waals surface area contributed by atoms with Gasteiger partial charge < -0.3 is 0 Å². The minimum absolute atomic E-state index is 0.0843. The van der Waals surface area contributed by atoms with Crippen LogP contribution in [-0.2, 0) is 10.0 Å². The van der Waals surface area contributed by atoms with E-state index in [0.29, 0.717) is 15.9 Å². The molecule has 0 fully saturated rings. The summed E-state index contributed by atoms with van der Waals surface area (Å²) >= 11 is 7.45. The summed E-state index contributed by atoms with van der Waals surface area (Å²) in [6, 6.07) is 5.63. The first kappa shape index (κ1) is 15.4. The number of halogens is 1. The molecule has 2 N–H and O–H groups in total. The third-order valence-corrected chi connectivity index (χ3v) is 5.11. The average Bonchev–Trinajstić information content (AvgIpc) is 2.79. The van der Waals surface area contributed by atoms with Crippen molar-refractivity contribution in [3.63, 3.8) is 0 Å². The van der Waals surface area contributed by atoms with Crippen molar-refractivity contribution in [3.05, 3.63) is 41.2 Å². The molecule has 0 aliphatic rings. The lowest BCUT2D eigenvalue weighted by molar-refractivity contribution is 0.599. The van der Waals surface area contributed by atoms with Crippen LogP contribution in [0.5, 0.6) is 0 Å². The molecule has 0 bridgehead atoms. The number of imidazole rings is 1. The van der Waals surface area contributed by atoms with Crippen molar-refractivity contribution in [2.24, 2.45) is 5.14 Å². The lowest BCUT2D eigenvalue weighted by Gasteiger charge is -2.11. The van der Waals surface area contributed by atoms with Crippen molar-refractivity contribution in [2.75, 3.05) is 11.5 Å². The highest BCUT2D eigenvalue weighted by Crippen LogP contribution is 2.26. The molecule has 0 radical (unpaired) electrons. The number of primary sulfonamides is 1. The summed E-state index contributed by atoms with van der Waals surface area (Å²) in [7, 11) is -3.45. The van der Waals surface area contributed by atoms with Gasteiger partial charge in [-0.25, -0.2) is 18.5 Å². The van der Waals surface area contributed by atoms with Crippen LogP contribution in [0.4, 0.5) is 0 Å². The number of benzene rings is 1. The summed E-state index contributed by atoms with van der Waals surface area (Å²) < 4.78 is 23.8. The van der Waals surface area contributed by atoms with Crippen molar-refractivity contribution < 1.29 is 8.42 Å². The van der Waals surface area contributed by atoms with E-state index >= 15 is 0 Å². The van der Waals surface area contributed by atoms with Crippen LogP contribution in [0.25, 0.3) is 5.69 Å². The molecule has 20 heavy (non-hydrogen) atoms. The van der Waals surface area contributed by atoms with Gasteiger partial charge in [0.2, 0.25) is 10.0 Å². The predicted molar refractivity (Wildman–Crippen MR) is 82.0 cm³/mol. The van der Waals surface area contributed by atoms with E-state index in [1.165, 1.54) is 11.8 Å². The Morgan fingerprint density at radius 2 is 2.20 bits per heavy atom. The van der Waals surface area contributed by atoms with E-state index in [9.17, 15) is 8.42 Å². The molecule has 5 nitrogen and oxygen atoms in total. The summed E-state index contributed by atoms with van der Waals surface area (Å²) in [5.74, 6) is 0.272. The van der Waals surface area contributed by atoms with E-state index in [-0.39, 0.29) is 5.75 Å². The Hall–Kier alpha value is -1.02. The normalized spacial score (nSPS) is 11.8. The SMILES string of the molecule is Cc1c(Cl)cccc1-n1ccnc1SCCS(N)(=O)=O. The Labute approximate surface area is 127 Å². The Morgan fingerprint density at radius 1 is 1.45 bits per heavy atom. The van der Waals surface area contributed by atoms with E-state index in [1.54, 1.807) is 6.20 Å². The summed E-state index contributed by atoms with van der Waals surface area (Å²) in [6.07, 6.45) is 3.48. The van der Waals surface area contributed by atoms with Gasteiger partial charge in [0, 0.05) is 23.2 Å². The van der Waals surface area contributed by atoms with E-state index in [0.717, 1.165) is 11.3 Å². The zero-order valence-corrected chi connectivity index (χ0v) is 13.2. The summed E-state index contributed by atoms with van der Waals surface area (Å²) in [6.45, 7) is 1.93. The van der Waals surface area contributed by atoms with Gasteiger partial charge in [-0.2, -0.15) is 0 Å². The van der Waals surface area contributed by atoms with Gasteiger partial charge in [-0.3, -0.25) is 4.57 Å². The zero-order chi connectivity index (χ0) is 14.8. The molecule has 0 saturated carbocycles. The molecule has 1 heterocycles. The van der Waals surface area contributed by atoms with E-state index < -0.39 is 10.0 Å². The molecular formula is C12H14ClN3O2S2. The van der Waals surface area contributed by atoms with Crippen molar-refractivity contribution in [1.29, 1.82) is 0 Å². The first-order valence-corrected chi connectivity index (χ1v) is 8.88. The average molecular weight is 332 g/mol. The van der Waals surface area contributed by atoms with Crippen molar-refractivity contribution in [1.82, 2.24) is 9.55 Å². The van der Waals surface area contributed by atoms with Crippen LogP contribution >= 0.6 is 23.4 Å². The Kier molecular flexibility index (Phi) is 4.74. The van der Waals surface area contributed by atoms with Crippen LogP contribution in [0.1, 0.15) is 5.56 Å². The lowest BCUT2D eigenvalue weighted by atomic mass is 10.2. The molecule has 0 saturated heterocycles. The van der Waals surface area contributed by atoms with E-state index in [1.807, 2.05) is 35.9 Å². The third kappa shape index (κ3) is 3.76. The Bertz CT molecular complexity index is 713. The maximum absolute atomic E-state index is 10.9. The lowest BCUT2D eigenvalue weighted by Crippen LogP contribution is -2.18. The van der Waals surface area contributed by atoms with E-state index in [4.69, 9.17) is 16.7 Å². The number of thioether (sulfide) groups is 1. The van der Waals surface area contributed by atoms with Crippen molar-refractivity contribution in [3.8, 4) is 5.69 Å². The summed E-state index contributed by atoms with van der Waals surface area (Å²) in [4.78, 5) is 4.23. The largest absolute Gasteiger partial charge is 0.295 e. The van der Waals surface area contributed by atoms with Crippen LogP contribution in [0.3, 0.4) is 0 Å². The van der Waals surface area contributed by atoms with Gasteiger partial charge in [-0.05, 0) is 24.6 Å². The van der Waals surface area contributed by atoms with Crippen LogP contribution in [0.15, 0.2) is 35.7 Å². The quantitative estimate of drug-likeness (QED) is 0.852. The Morgan fingerprint density at radius 3 is 2.90 bits per heavy atom. The molecule has 1 aromatic heterocycles. The molecule has 2 aromatic rings. The monoisotopic (exact) mass is 331 g/mol. The second-order valence-electron chi connectivity index (χ2n) is 4.18. The minimum atomic E-state index is -3.45. The van der Waals surface area contributed by atoms with E-state index in [2.05, 4.69) is 4.98 Å². The number of aromatic nitrogens is 2. The summed E-state index contributed by atoms with van der Waals surface area (Å²) in [5.41, 5.74) is 1.87. The standard InChI is InChI=1S/C12H14ClN3O2S2/c1-9-10(13)3-2-4-11(9)16-6-5-15-12(16)19-7-8-20(14,17)18/h2-6H,7-8H2,1H3,(H2,14,17,18). The second-order valence-corrected chi connectivity index (χ2v) is 7.38. The molecule has 0 amide bonds. The molecule has 0 unspecified atom stereocenters. The van der Waals surface area contributed by atoms with Gasteiger partial charge in [-0.1, -0.05) is 29.4 Å². The summed E-state index contributed by atoms with van der Waals surface area (Å²) in [5, 5.41) is 6.37. The van der Waals surface area contributed by atoms with Crippen LogP contribution in [0.2, 0.25) is 5.02 Å². The molecule has 0 atom stereocenters. The first-order valence-electron chi connectivity index (χ1n) is 5.80. The van der Waals surface area contributed by atoms with Crippen molar-refractivity contribution >= 4 is 33.4 Å². The number of hydrogen-bond donors (Lipinski definition) is 1. The number of rotatable bonds is 5. The fourth-order valence-corrected chi connectivity index (χ4v) is 3.73. The van der Waals surface area contributed by atoms with Gasteiger partial charge in [0.1, 0.15) is 0 Å². The molecule has 8 heteroatoms. The first-order chi connectivity index (χ1) is 9.38. The van der Waals surface area contributed by atoms with Crippen molar-refractivity contribution in [2.45, 2.75) is 12.1 Å². The zero-order valence-electron chi connectivity index (χ0n) is 10.8. The number of hydrogen-bond acceptors (Lipinski definition) is 4.